The minimum absolute atomic E-state index is 0.0328. The molecule has 0 aromatic heterocycles. The van der Waals surface area contributed by atoms with Crippen molar-refractivity contribution in [2.24, 2.45) is 0 Å². The molecule has 362 valence electrons. The Labute approximate surface area is 378 Å². The average molecular weight is 911 g/mol. The average Bonchev–Trinajstić information content (AvgIpc) is 3.26. The first-order chi connectivity index (χ1) is 30.4. The van der Waals surface area contributed by atoms with Crippen LogP contribution in [0.2, 0.25) is 0 Å². The lowest BCUT2D eigenvalue weighted by molar-refractivity contribution is -0.220. The van der Waals surface area contributed by atoms with E-state index in [0.29, 0.717) is 19.3 Å². The van der Waals surface area contributed by atoms with Crippen molar-refractivity contribution >= 4 is 19.8 Å². The van der Waals surface area contributed by atoms with Crippen molar-refractivity contribution in [1.82, 2.24) is 0 Å². The number of aliphatic hydroxyl groups excluding tert-OH is 5. The Morgan fingerprint density at radius 3 is 1.41 bits per heavy atom. The summed E-state index contributed by atoms with van der Waals surface area (Å²) in [7, 11) is -5.15. The predicted molar refractivity (Wildman–Crippen MR) is 249 cm³/mol. The first-order valence-corrected chi connectivity index (χ1v) is 25.2. The molecule has 8 atom stereocenters. The number of carbonyl (C=O) groups excluding carboxylic acids is 2. The van der Waals surface area contributed by atoms with Crippen LogP contribution in [0, 0.1) is 0 Å². The van der Waals surface area contributed by atoms with Gasteiger partial charge < -0.3 is 39.9 Å². The summed E-state index contributed by atoms with van der Waals surface area (Å²) in [5.74, 6) is -1.22. The number of unbranched alkanes of at least 4 members (excludes halogenated alkanes) is 14. The minimum Gasteiger partial charge on any atom is -0.462 e. The van der Waals surface area contributed by atoms with Crippen LogP contribution in [0.1, 0.15) is 168 Å². The smallest absolute Gasteiger partial charge is 0.462 e. The number of esters is 2. The van der Waals surface area contributed by atoms with E-state index in [9.17, 15) is 44.6 Å². The van der Waals surface area contributed by atoms with Crippen LogP contribution in [0.4, 0.5) is 0 Å². The number of carbonyl (C=O) groups is 2. The molecule has 1 saturated carbocycles. The van der Waals surface area contributed by atoms with Crippen LogP contribution < -0.4 is 0 Å². The van der Waals surface area contributed by atoms with Gasteiger partial charge in [-0.25, -0.2) is 4.57 Å². The lowest BCUT2D eigenvalue weighted by Crippen LogP contribution is -2.64. The van der Waals surface area contributed by atoms with Gasteiger partial charge in [0.05, 0.1) is 6.61 Å². The summed E-state index contributed by atoms with van der Waals surface area (Å²) < 4.78 is 33.4. The fourth-order valence-corrected chi connectivity index (χ4v) is 7.65. The van der Waals surface area contributed by atoms with Crippen LogP contribution in [0.25, 0.3) is 0 Å². The Hall–Kier alpha value is -2.71. The summed E-state index contributed by atoms with van der Waals surface area (Å²) >= 11 is 0. The Morgan fingerprint density at radius 1 is 0.492 bits per heavy atom. The first kappa shape index (κ1) is 58.3. The van der Waals surface area contributed by atoms with Gasteiger partial charge in [0, 0.05) is 12.8 Å². The van der Waals surface area contributed by atoms with Gasteiger partial charge >= 0.3 is 19.8 Å². The number of phosphoric ester groups is 1. The third kappa shape index (κ3) is 31.0. The molecule has 6 N–H and O–H groups in total. The molecule has 0 saturated heterocycles. The molecule has 1 aliphatic carbocycles. The van der Waals surface area contributed by atoms with Gasteiger partial charge in [-0.3, -0.25) is 18.6 Å². The van der Waals surface area contributed by atoms with E-state index < -0.39 is 75.7 Å². The van der Waals surface area contributed by atoms with Crippen LogP contribution in [0.3, 0.4) is 0 Å². The second kappa shape index (κ2) is 38.5. The van der Waals surface area contributed by atoms with Crippen molar-refractivity contribution in [2.45, 2.75) is 211 Å². The molecular formula is C49H83O13P. The Morgan fingerprint density at radius 2 is 0.889 bits per heavy atom. The first-order valence-electron chi connectivity index (χ1n) is 23.7. The molecule has 0 bridgehead atoms. The van der Waals surface area contributed by atoms with Crippen LogP contribution in [-0.2, 0) is 32.7 Å². The number of rotatable bonds is 38. The van der Waals surface area contributed by atoms with E-state index in [1.165, 1.54) is 70.6 Å². The molecule has 1 aliphatic rings. The van der Waals surface area contributed by atoms with Crippen LogP contribution >= 0.6 is 7.82 Å². The minimum atomic E-state index is -5.15. The molecule has 1 fully saturated rings. The van der Waals surface area contributed by atoms with E-state index in [4.69, 9.17) is 18.5 Å². The third-order valence-electron chi connectivity index (χ3n) is 10.5. The zero-order valence-corrected chi connectivity index (χ0v) is 39.2. The lowest BCUT2D eigenvalue weighted by atomic mass is 9.85. The molecule has 0 amide bonds. The summed E-state index contributed by atoms with van der Waals surface area (Å²) in [6.45, 7) is 3.19. The van der Waals surface area contributed by atoms with Gasteiger partial charge in [0.2, 0.25) is 0 Å². The molecule has 0 heterocycles. The summed E-state index contributed by atoms with van der Waals surface area (Å²) in [5.41, 5.74) is 0. The van der Waals surface area contributed by atoms with Gasteiger partial charge in [0.15, 0.2) is 6.10 Å². The summed E-state index contributed by atoms with van der Waals surface area (Å²) in [6, 6.07) is 0. The second-order valence-corrected chi connectivity index (χ2v) is 17.7. The van der Waals surface area contributed by atoms with Gasteiger partial charge in [-0.05, 0) is 77.0 Å². The largest absolute Gasteiger partial charge is 0.472 e. The van der Waals surface area contributed by atoms with Crippen molar-refractivity contribution in [1.29, 1.82) is 0 Å². The van der Waals surface area contributed by atoms with Crippen LogP contribution in [0.15, 0.2) is 72.9 Å². The van der Waals surface area contributed by atoms with Crippen LogP contribution in [-0.4, -0.2) is 98.3 Å². The molecular weight excluding hydrogens is 828 g/mol. The molecule has 1 rings (SSSR count). The summed E-state index contributed by atoms with van der Waals surface area (Å²) in [4.78, 5) is 35.7. The van der Waals surface area contributed by atoms with Crippen molar-refractivity contribution in [3.63, 3.8) is 0 Å². The van der Waals surface area contributed by atoms with Gasteiger partial charge in [-0.15, -0.1) is 0 Å². The molecule has 0 aromatic carbocycles. The lowest BCUT2D eigenvalue weighted by Gasteiger charge is -2.41. The van der Waals surface area contributed by atoms with E-state index in [1.807, 2.05) is 18.2 Å². The maximum atomic E-state index is 12.8. The zero-order valence-electron chi connectivity index (χ0n) is 38.3. The van der Waals surface area contributed by atoms with Crippen molar-refractivity contribution in [2.75, 3.05) is 13.2 Å². The fourth-order valence-electron chi connectivity index (χ4n) is 6.68. The highest BCUT2D eigenvalue weighted by molar-refractivity contribution is 7.47. The highest BCUT2D eigenvalue weighted by atomic mass is 31.2. The number of ether oxygens (including phenoxy) is 2. The number of hydrogen-bond acceptors (Lipinski definition) is 12. The standard InChI is InChI=1S/C49H83O13P/c1-3-5-7-9-11-13-15-17-19-20-21-22-24-26-28-30-32-34-36-38-43(51)61-41(40-60-63(57,58)62-49-47(55)45(53)44(52)46(54)48(49)56)39-59-42(50)37-35-33-31-29-27-25-23-18-16-14-12-10-8-6-4-2/h11,13,17,19,21-22,25-28,32,34,41,44-49,52-56H,3-10,12,14-16,18,20,23-24,29-31,33,35-40H2,1-2H3,(H,57,58)/b13-11+,19-17+,22-21+,27-25+,28-26+,34-32+/t41-,44?,45-,46?,47?,48?,49?/m1/s1. The second-order valence-electron chi connectivity index (χ2n) is 16.3. The molecule has 0 radical (unpaired) electrons. The maximum absolute atomic E-state index is 12.8. The highest BCUT2D eigenvalue weighted by Gasteiger charge is 2.51. The Kier molecular flexibility index (Phi) is 35.7. The number of aliphatic hydroxyl groups is 5. The summed E-state index contributed by atoms with van der Waals surface area (Å²) in [5, 5.41) is 50.2. The maximum Gasteiger partial charge on any atom is 0.472 e. The van der Waals surface area contributed by atoms with E-state index in [2.05, 4.69) is 68.5 Å². The van der Waals surface area contributed by atoms with Crippen molar-refractivity contribution in [3.8, 4) is 0 Å². The number of phosphoric acid groups is 1. The Balaban J connectivity index is 2.53. The van der Waals surface area contributed by atoms with Crippen molar-refractivity contribution in [3.05, 3.63) is 72.9 Å². The van der Waals surface area contributed by atoms with Gasteiger partial charge in [-0.2, -0.15) is 0 Å². The van der Waals surface area contributed by atoms with Crippen LogP contribution in [0.5, 0.6) is 0 Å². The van der Waals surface area contributed by atoms with Gasteiger partial charge in [-0.1, -0.05) is 151 Å². The molecule has 0 aliphatic heterocycles. The van der Waals surface area contributed by atoms with E-state index in [0.717, 1.165) is 51.4 Å². The van der Waals surface area contributed by atoms with E-state index in [-0.39, 0.29) is 12.8 Å². The SMILES string of the molecule is CCCCC/C=C/C/C=C/C/C=C/C/C=C/C/C=C/CCC(=O)O[C@H](COC(=O)CCCCC/C=C/CCCCCCCCCC)COP(=O)(O)OC1C(O)C(O)C(O)[C@@H](O)C1O. The predicted octanol–water partition coefficient (Wildman–Crippen LogP) is 9.50. The quantitative estimate of drug-likeness (QED) is 0.0148. The topological polar surface area (TPSA) is 210 Å². The highest BCUT2D eigenvalue weighted by Crippen LogP contribution is 2.47. The fraction of sp³-hybridized carbons (Fsp3) is 0.714. The molecule has 13 nitrogen and oxygen atoms in total. The number of allylic oxidation sites excluding steroid dienone is 12. The summed E-state index contributed by atoms with van der Waals surface area (Å²) in [6.07, 6.45) is 35.4. The monoisotopic (exact) mass is 911 g/mol. The normalized spacial score (nSPS) is 22.3. The molecule has 14 heteroatoms. The van der Waals surface area contributed by atoms with E-state index >= 15 is 0 Å². The van der Waals surface area contributed by atoms with E-state index in [1.54, 1.807) is 0 Å². The molecule has 0 spiro atoms. The number of hydrogen-bond donors (Lipinski definition) is 6. The van der Waals surface area contributed by atoms with Gasteiger partial charge in [0.25, 0.3) is 0 Å². The molecule has 6 unspecified atom stereocenters. The third-order valence-corrected chi connectivity index (χ3v) is 11.5. The van der Waals surface area contributed by atoms with Gasteiger partial charge in [0.1, 0.15) is 43.2 Å². The van der Waals surface area contributed by atoms with Crippen molar-refractivity contribution < 1.29 is 63.1 Å². The Bertz CT molecular complexity index is 1380. The zero-order chi connectivity index (χ0) is 46.4. The molecule has 63 heavy (non-hydrogen) atoms. The molecule has 0 aromatic rings.